The Balaban J connectivity index is 1.63. The van der Waals surface area contributed by atoms with Crippen LogP contribution in [0.25, 0.3) is 0 Å². The minimum absolute atomic E-state index is 0.109. The molecule has 1 N–H and O–H groups in total. The zero-order valence-corrected chi connectivity index (χ0v) is 18.2. The minimum Gasteiger partial charge on any atom is -0.497 e. The predicted molar refractivity (Wildman–Crippen MR) is 117 cm³/mol. The quantitative estimate of drug-likeness (QED) is 0.529. The first-order valence-electron chi connectivity index (χ1n) is 9.24. The third-order valence-corrected chi connectivity index (χ3v) is 5.88. The molecule has 3 aromatic rings. The lowest BCUT2D eigenvalue weighted by Gasteiger charge is -2.10. The molecular formula is C21H23ClN4O2S. The van der Waals surface area contributed by atoms with E-state index in [2.05, 4.69) is 15.5 Å². The van der Waals surface area contributed by atoms with E-state index < -0.39 is 0 Å². The lowest BCUT2D eigenvalue weighted by Crippen LogP contribution is -2.15. The molecular weight excluding hydrogens is 408 g/mol. The molecule has 0 aliphatic rings. The lowest BCUT2D eigenvalue weighted by molar-refractivity contribution is -0.113. The maximum atomic E-state index is 12.4. The van der Waals surface area contributed by atoms with Gasteiger partial charge in [0.15, 0.2) is 5.16 Å². The third kappa shape index (κ3) is 5.31. The standard InChI is InChI=1S/C21H23ClN4O2S/c1-4-26-19(12-15-8-10-16(28-3)11-9-15)24-25-21(26)29-13-20(27)23-18-7-5-6-17(22)14(18)2/h5-11H,4,12-13H2,1-3H3,(H,23,27). The van der Waals surface area contributed by atoms with Crippen molar-refractivity contribution in [1.29, 1.82) is 0 Å². The van der Waals surface area contributed by atoms with Gasteiger partial charge in [-0.05, 0) is 49.2 Å². The number of anilines is 1. The van der Waals surface area contributed by atoms with Crippen LogP contribution < -0.4 is 10.1 Å². The molecule has 0 unspecified atom stereocenters. The summed E-state index contributed by atoms with van der Waals surface area (Å²) in [6.07, 6.45) is 0.666. The Hall–Kier alpha value is -2.51. The van der Waals surface area contributed by atoms with E-state index >= 15 is 0 Å². The molecule has 0 fully saturated rings. The van der Waals surface area contributed by atoms with Crippen molar-refractivity contribution in [2.24, 2.45) is 0 Å². The summed E-state index contributed by atoms with van der Waals surface area (Å²) in [5.41, 5.74) is 2.70. The molecule has 0 bridgehead atoms. The fourth-order valence-electron chi connectivity index (χ4n) is 2.86. The minimum atomic E-state index is -0.109. The highest BCUT2D eigenvalue weighted by atomic mass is 35.5. The van der Waals surface area contributed by atoms with Gasteiger partial charge in [-0.3, -0.25) is 4.79 Å². The Morgan fingerprint density at radius 1 is 1.21 bits per heavy atom. The van der Waals surface area contributed by atoms with Crippen LogP contribution in [0.4, 0.5) is 5.69 Å². The zero-order chi connectivity index (χ0) is 20.8. The second-order valence-corrected chi connectivity index (χ2v) is 7.77. The van der Waals surface area contributed by atoms with Crippen LogP contribution in [-0.2, 0) is 17.8 Å². The summed E-state index contributed by atoms with van der Waals surface area (Å²) in [7, 11) is 1.65. The van der Waals surface area contributed by atoms with E-state index in [4.69, 9.17) is 16.3 Å². The smallest absolute Gasteiger partial charge is 0.234 e. The summed E-state index contributed by atoms with van der Waals surface area (Å²) in [6.45, 7) is 4.65. The van der Waals surface area contributed by atoms with Crippen molar-refractivity contribution in [3.05, 3.63) is 64.4 Å². The molecule has 0 radical (unpaired) electrons. The van der Waals surface area contributed by atoms with Crippen LogP contribution in [0.5, 0.6) is 5.75 Å². The fourth-order valence-corrected chi connectivity index (χ4v) is 3.86. The first kappa shape index (κ1) is 21.2. The number of nitrogens with one attached hydrogen (secondary N) is 1. The molecule has 6 nitrogen and oxygen atoms in total. The lowest BCUT2D eigenvalue weighted by atomic mass is 10.1. The van der Waals surface area contributed by atoms with Crippen molar-refractivity contribution in [3.8, 4) is 5.75 Å². The van der Waals surface area contributed by atoms with Gasteiger partial charge in [-0.15, -0.1) is 10.2 Å². The van der Waals surface area contributed by atoms with E-state index in [1.807, 2.05) is 54.8 Å². The van der Waals surface area contributed by atoms with Crippen LogP contribution in [-0.4, -0.2) is 33.5 Å². The first-order valence-corrected chi connectivity index (χ1v) is 10.6. The Morgan fingerprint density at radius 2 is 1.97 bits per heavy atom. The average molecular weight is 431 g/mol. The van der Waals surface area contributed by atoms with Crippen molar-refractivity contribution >= 4 is 35.0 Å². The van der Waals surface area contributed by atoms with Crippen molar-refractivity contribution in [2.75, 3.05) is 18.2 Å². The molecule has 3 rings (SSSR count). The second-order valence-electron chi connectivity index (χ2n) is 6.42. The van der Waals surface area contributed by atoms with E-state index in [1.54, 1.807) is 13.2 Å². The number of thioether (sulfide) groups is 1. The van der Waals surface area contributed by atoms with Gasteiger partial charge in [0.2, 0.25) is 5.91 Å². The predicted octanol–water partition coefficient (Wildman–Crippen LogP) is 4.59. The monoisotopic (exact) mass is 430 g/mol. The number of rotatable bonds is 8. The van der Waals surface area contributed by atoms with Crippen molar-refractivity contribution in [2.45, 2.75) is 32.0 Å². The maximum absolute atomic E-state index is 12.4. The SMILES string of the molecule is CCn1c(Cc2ccc(OC)cc2)nnc1SCC(=O)Nc1cccc(Cl)c1C. The molecule has 0 aliphatic carbocycles. The number of nitrogens with zero attached hydrogens (tertiary/aromatic N) is 3. The highest BCUT2D eigenvalue weighted by Crippen LogP contribution is 2.24. The number of carbonyl (C=O) groups excluding carboxylic acids is 1. The van der Waals surface area contributed by atoms with Crippen molar-refractivity contribution < 1.29 is 9.53 Å². The maximum Gasteiger partial charge on any atom is 0.234 e. The molecule has 8 heteroatoms. The Labute approximate surface area is 179 Å². The van der Waals surface area contributed by atoms with E-state index in [0.29, 0.717) is 11.4 Å². The van der Waals surface area contributed by atoms with Gasteiger partial charge in [-0.2, -0.15) is 0 Å². The van der Waals surface area contributed by atoms with Gasteiger partial charge in [0.25, 0.3) is 0 Å². The molecule has 0 saturated carbocycles. The summed E-state index contributed by atoms with van der Waals surface area (Å²) >= 11 is 7.48. The van der Waals surface area contributed by atoms with Crippen molar-refractivity contribution in [3.63, 3.8) is 0 Å². The zero-order valence-electron chi connectivity index (χ0n) is 16.6. The van der Waals surface area contributed by atoms with E-state index in [-0.39, 0.29) is 11.7 Å². The van der Waals surface area contributed by atoms with Crippen LogP contribution >= 0.6 is 23.4 Å². The molecule has 0 saturated heterocycles. The highest BCUT2D eigenvalue weighted by molar-refractivity contribution is 7.99. The van der Waals surface area contributed by atoms with Crippen LogP contribution in [0.2, 0.25) is 5.02 Å². The van der Waals surface area contributed by atoms with Gasteiger partial charge in [-0.1, -0.05) is 41.6 Å². The Kier molecular flexibility index (Phi) is 7.17. The van der Waals surface area contributed by atoms with Crippen LogP contribution in [0.15, 0.2) is 47.6 Å². The van der Waals surface area contributed by atoms with Crippen LogP contribution in [0, 0.1) is 6.92 Å². The molecule has 0 atom stereocenters. The van der Waals surface area contributed by atoms with Crippen LogP contribution in [0.1, 0.15) is 23.9 Å². The summed E-state index contributed by atoms with van der Waals surface area (Å²) in [5.74, 6) is 1.82. The summed E-state index contributed by atoms with van der Waals surface area (Å²) in [5, 5.41) is 12.9. The molecule has 1 aromatic heterocycles. The third-order valence-electron chi connectivity index (χ3n) is 4.51. The molecule has 0 aliphatic heterocycles. The van der Waals surface area contributed by atoms with E-state index in [1.165, 1.54) is 11.8 Å². The fraction of sp³-hybridized carbons (Fsp3) is 0.286. The number of ether oxygens (including phenoxy) is 1. The molecule has 2 aromatic carbocycles. The number of halogens is 1. The van der Waals surface area contributed by atoms with Gasteiger partial charge < -0.3 is 14.6 Å². The van der Waals surface area contributed by atoms with Crippen molar-refractivity contribution in [1.82, 2.24) is 14.8 Å². The van der Waals surface area contributed by atoms with E-state index in [0.717, 1.165) is 40.1 Å². The molecule has 1 heterocycles. The van der Waals surface area contributed by atoms with Gasteiger partial charge in [0.05, 0.1) is 12.9 Å². The van der Waals surface area contributed by atoms with Gasteiger partial charge >= 0.3 is 0 Å². The largest absolute Gasteiger partial charge is 0.497 e. The van der Waals surface area contributed by atoms with Crippen LogP contribution in [0.3, 0.4) is 0 Å². The molecule has 29 heavy (non-hydrogen) atoms. The number of amides is 1. The van der Waals surface area contributed by atoms with Gasteiger partial charge in [0.1, 0.15) is 11.6 Å². The highest BCUT2D eigenvalue weighted by Gasteiger charge is 2.14. The first-order chi connectivity index (χ1) is 14.0. The average Bonchev–Trinajstić information content (AvgIpc) is 3.12. The number of benzene rings is 2. The normalized spacial score (nSPS) is 10.8. The topological polar surface area (TPSA) is 69.0 Å². The second kappa shape index (κ2) is 9.80. The van der Waals surface area contributed by atoms with Gasteiger partial charge in [-0.25, -0.2) is 0 Å². The number of hydrogen-bond donors (Lipinski definition) is 1. The Bertz CT molecular complexity index is 989. The number of hydrogen-bond acceptors (Lipinski definition) is 5. The number of methoxy groups -OCH3 is 1. The molecule has 152 valence electrons. The van der Waals surface area contributed by atoms with E-state index in [9.17, 15) is 4.79 Å². The number of carbonyl (C=O) groups is 1. The summed E-state index contributed by atoms with van der Waals surface area (Å²) in [6, 6.07) is 13.3. The molecule has 0 spiro atoms. The Morgan fingerprint density at radius 3 is 2.66 bits per heavy atom. The molecule has 1 amide bonds. The van der Waals surface area contributed by atoms with Gasteiger partial charge in [0, 0.05) is 23.7 Å². The summed E-state index contributed by atoms with van der Waals surface area (Å²) in [4.78, 5) is 12.4. The summed E-state index contributed by atoms with van der Waals surface area (Å²) < 4.78 is 7.23. The number of aromatic nitrogens is 3.